The molecule has 0 amide bonds. The molecule has 0 saturated heterocycles. The lowest BCUT2D eigenvalue weighted by Gasteiger charge is -2.04. The standard InChI is InChI=1S/C11H15ClN2O2/c1-2-6-13-7-5-9-3-4-10(12)8-11(9)14(15)16/h3-4,8,13H,2,5-7H2,1H3. The van der Waals surface area contributed by atoms with Gasteiger partial charge in [-0.25, -0.2) is 0 Å². The number of nitro benzene ring substituents is 1. The summed E-state index contributed by atoms with van der Waals surface area (Å²) in [6.45, 7) is 3.76. The highest BCUT2D eigenvalue weighted by molar-refractivity contribution is 6.30. The third-order valence-electron chi connectivity index (χ3n) is 2.24. The lowest BCUT2D eigenvalue weighted by Crippen LogP contribution is -2.18. The highest BCUT2D eigenvalue weighted by atomic mass is 35.5. The van der Waals surface area contributed by atoms with Crippen LogP contribution in [0.4, 0.5) is 5.69 Å². The van der Waals surface area contributed by atoms with Gasteiger partial charge in [0.2, 0.25) is 0 Å². The molecule has 16 heavy (non-hydrogen) atoms. The maximum absolute atomic E-state index is 10.8. The van der Waals surface area contributed by atoms with E-state index >= 15 is 0 Å². The van der Waals surface area contributed by atoms with Crippen molar-refractivity contribution in [2.75, 3.05) is 13.1 Å². The third-order valence-corrected chi connectivity index (χ3v) is 2.48. The fraction of sp³-hybridized carbons (Fsp3) is 0.455. The topological polar surface area (TPSA) is 55.2 Å². The van der Waals surface area contributed by atoms with E-state index in [1.807, 2.05) is 0 Å². The maximum atomic E-state index is 10.8. The molecule has 1 rings (SSSR count). The monoisotopic (exact) mass is 242 g/mol. The molecule has 0 atom stereocenters. The Labute approximate surface area is 99.8 Å². The number of halogens is 1. The Morgan fingerprint density at radius 1 is 1.44 bits per heavy atom. The summed E-state index contributed by atoms with van der Waals surface area (Å²) in [4.78, 5) is 10.4. The van der Waals surface area contributed by atoms with Gasteiger partial charge in [-0.1, -0.05) is 24.6 Å². The average molecular weight is 243 g/mol. The number of benzene rings is 1. The van der Waals surface area contributed by atoms with Crippen LogP contribution in [0.1, 0.15) is 18.9 Å². The van der Waals surface area contributed by atoms with Gasteiger partial charge >= 0.3 is 0 Å². The molecule has 0 spiro atoms. The summed E-state index contributed by atoms with van der Waals surface area (Å²) in [5.41, 5.74) is 0.823. The number of rotatable bonds is 6. The molecule has 1 aromatic carbocycles. The predicted octanol–water partition coefficient (Wildman–Crippen LogP) is 2.79. The molecular formula is C11H15ClN2O2. The van der Waals surface area contributed by atoms with Crippen LogP contribution in [0, 0.1) is 10.1 Å². The first-order valence-electron chi connectivity index (χ1n) is 5.28. The summed E-state index contributed by atoms with van der Waals surface area (Å²) in [7, 11) is 0. The predicted molar refractivity (Wildman–Crippen MR) is 65.0 cm³/mol. The second-order valence-corrected chi connectivity index (χ2v) is 3.97. The number of hydrogen-bond donors (Lipinski definition) is 1. The Hall–Kier alpha value is -1.13. The molecule has 0 aliphatic carbocycles. The molecule has 0 fully saturated rings. The van der Waals surface area contributed by atoms with Crippen molar-refractivity contribution in [2.45, 2.75) is 19.8 Å². The minimum Gasteiger partial charge on any atom is -0.316 e. The molecule has 0 bridgehead atoms. The van der Waals surface area contributed by atoms with E-state index in [1.54, 1.807) is 12.1 Å². The molecule has 0 aromatic heterocycles. The van der Waals surface area contributed by atoms with Gasteiger partial charge in [0.15, 0.2) is 0 Å². The first kappa shape index (κ1) is 12.9. The third kappa shape index (κ3) is 3.79. The zero-order valence-corrected chi connectivity index (χ0v) is 9.96. The molecule has 1 N–H and O–H groups in total. The maximum Gasteiger partial charge on any atom is 0.274 e. The normalized spacial score (nSPS) is 10.4. The van der Waals surface area contributed by atoms with Crippen LogP contribution in [-0.4, -0.2) is 18.0 Å². The lowest BCUT2D eigenvalue weighted by atomic mass is 10.1. The van der Waals surface area contributed by atoms with Gasteiger partial charge in [0.1, 0.15) is 0 Å². The Balaban J connectivity index is 2.67. The summed E-state index contributed by atoms with van der Waals surface area (Å²) in [6, 6.07) is 4.80. The Morgan fingerprint density at radius 3 is 2.81 bits per heavy atom. The average Bonchev–Trinajstić information content (AvgIpc) is 2.26. The van der Waals surface area contributed by atoms with Gasteiger partial charge in [0.05, 0.1) is 4.92 Å². The minimum absolute atomic E-state index is 0.103. The largest absolute Gasteiger partial charge is 0.316 e. The van der Waals surface area contributed by atoms with E-state index in [9.17, 15) is 10.1 Å². The van der Waals surface area contributed by atoms with Crippen LogP contribution >= 0.6 is 11.6 Å². The van der Waals surface area contributed by atoms with E-state index in [4.69, 9.17) is 11.6 Å². The zero-order valence-electron chi connectivity index (χ0n) is 9.20. The van der Waals surface area contributed by atoms with E-state index in [1.165, 1.54) is 6.07 Å². The van der Waals surface area contributed by atoms with Crippen LogP contribution in [-0.2, 0) is 6.42 Å². The van der Waals surface area contributed by atoms with Crippen molar-refractivity contribution in [3.05, 3.63) is 38.9 Å². The molecular weight excluding hydrogens is 228 g/mol. The molecule has 5 heteroatoms. The molecule has 0 unspecified atom stereocenters. The summed E-state index contributed by atoms with van der Waals surface area (Å²) < 4.78 is 0. The SMILES string of the molecule is CCCNCCc1ccc(Cl)cc1[N+](=O)[O-]. The van der Waals surface area contributed by atoms with Crippen LogP contribution in [0.25, 0.3) is 0 Å². The smallest absolute Gasteiger partial charge is 0.274 e. The van der Waals surface area contributed by atoms with Crippen LogP contribution in [0.15, 0.2) is 18.2 Å². The van der Waals surface area contributed by atoms with Crippen molar-refractivity contribution in [1.82, 2.24) is 5.32 Å². The summed E-state index contributed by atoms with van der Waals surface area (Å²) in [6.07, 6.45) is 1.70. The molecule has 4 nitrogen and oxygen atoms in total. The first-order valence-corrected chi connectivity index (χ1v) is 5.66. The molecule has 88 valence electrons. The Bertz CT molecular complexity index is 369. The molecule has 0 saturated carbocycles. The summed E-state index contributed by atoms with van der Waals surface area (Å²) in [5, 5.41) is 14.4. The fourth-order valence-electron chi connectivity index (χ4n) is 1.44. The summed E-state index contributed by atoms with van der Waals surface area (Å²) >= 11 is 5.72. The van der Waals surface area contributed by atoms with Gasteiger partial charge in [0, 0.05) is 16.7 Å². The van der Waals surface area contributed by atoms with Gasteiger partial charge in [-0.05, 0) is 32.0 Å². The molecule has 1 aromatic rings. The molecule has 0 radical (unpaired) electrons. The number of nitrogens with zero attached hydrogens (tertiary/aromatic N) is 1. The lowest BCUT2D eigenvalue weighted by molar-refractivity contribution is -0.385. The summed E-state index contributed by atoms with van der Waals surface area (Å²) in [5.74, 6) is 0. The Kier molecular flexibility index (Phi) is 5.22. The van der Waals surface area contributed by atoms with Gasteiger partial charge < -0.3 is 5.32 Å². The molecule has 0 aliphatic rings. The van der Waals surface area contributed by atoms with Crippen LogP contribution in [0.3, 0.4) is 0 Å². The van der Waals surface area contributed by atoms with Crippen LogP contribution in [0.5, 0.6) is 0 Å². The zero-order chi connectivity index (χ0) is 12.0. The quantitative estimate of drug-likeness (QED) is 0.474. The first-order chi connectivity index (χ1) is 7.65. The number of hydrogen-bond acceptors (Lipinski definition) is 3. The van der Waals surface area contributed by atoms with Crippen LogP contribution in [0.2, 0.25) is 5.02 Å². The fourth-order valence-corrected chi connectivity index (χ4v) is 1.61. The van der Waals surface area contributed by atoms with Gasteiger partial charge in [-0.15, -0.1) is 0 Å². The van der Waals surface area contributed by atoms with Crippen LogP contribution < -0.4 is 5.32 Å². The number of nitrogens with one attached hydrogen (secondary N) is 1. The van der Waals surface area contributed by atoms with Crippen molar-refractivity contribution < 1.29 is 4.92 Å². The van der Waals surface area contributed by atoms with E-state index in [0.29, 0.717) is 11.4 Å². The highest BCUT2D eigenvalue weighted by Crippen LogP contribution is 2.23. The van der Waals surface area contributed by atoms with E-state index in [2.05, 4.69) is 12.2 Å². The van der Waals surface area contributed by atoms with E-state index in [0.717, 1.165) is 25.1 Å². The van der Waals surface area contributed by atoms with Crippen molar-refractivity contribution in [1.29, 1.82) is 0 Å². The van der Waals surface area contributed by atoms with Gasteiger partial charge in [-0.2, -0.15) is 0 Å². The van der Waals surface area contributed by atoms with Crippen molar-refractivity contribution in [3.63, 3.8) is 0 Å². The van der Waals surface area contributed by atoms with Crippen molar-refractivity contribution in [2.24, 2.45) is 0 Å². The molecule has 0 heterocycles. The minimum atomic E-state index is -0.388. The van der Waals surface area contributed by atoms with Gasteiger partial charge in [-0.3, -0.25) is 10.1 Å². The highest BCUT2D eigenvalue weighted by Gasteiger charge is 2.13. The number of nitro groups is 1. The van der Waals surface area contributed by atoms with Crippen molar-refractivity contribution >= 4 is 17.3 Å². The second kappa shape index (κ2) is 6.45. The molecule has 0 aliphatic heterocycles. The van der Waals surface area contributed by atoms with E-state index in [-0.39, 0.29) is 10.6 Å². The van der Waals surface area contributed by atoms with Crippen molar-refractivity contribution in [3.8, 4) is 0 Å². The van der Waals surface area contributed by atoms with E-state index < -0.39 is 0 Å². The van der Waals surface area contributed by atoms with Gasteiger partial charge in [0.25, 0.3) is 5.69 Å². The second-order valence-electron chi connectivity index (χ2n) is 3.53. The Morgan fingerprint density at radius 2 is 2.19 bits per heavy atom.